The number of carbonyl (C=O) groups is 1. The molecule has 0 spiro atoms. The van der Waals surface area contributed by atoms with Crippen molar-refractivity contribution in [1.82, 2.24) is 0 Å². The maximum atomic E-state index is 10.7. The van der Waals surface area contributed by atoms with Gasteiger partial charge in [0, 0.05) is 5.97 Å². The third kappa shape index (κ3) is 14.3. The number of allylic oxidation sites excluding steroid dienone is 2. The Morgan fingerprint density at radius 2 is 1.23 bits per heavy atom. The molecule has 14 heteroatoms. The van der Waals surface area contributed by atoms with Crippen LogP contribution in [0.5, 0.6) is 0 Å². The van der Waals surface area contributed by atoms with E-state index in [1.54, 1.807) is 0 Å². The fourth-order valence-corrected chi connectivity index (χ4v) is 5.29. The van der Waals surface area contributed by atoms with Gasteiger partial charge in [-0.1, -0.05) is 50.7 Å². The molecule has 44 heavy (non-hydrogen) atoms. The average Bonchev–Trinajstić information content (AvgIpc) is 2.98. The molecule has 0 bridgehead atoms. The van der Waals surface area contributed by atoms with Gasteiger partial charge in [-0.25, -0.2) is 0 Å². The standard InChI is InChI=1S/C30H54O13.Na/c1-19(15-13-11-9-7-5-3-2-4-6-8-10-12-14-16-22(33)34)40-30-28(26(38)24(36)21(18-32)42-30)43-29-27(39)25(37)23(35)20(17-31)41-29;/h2-3,19-21,23-32,35-39H,4-18H2,1H3,(H,33,34);/q;+1/p-1/b3-2-;/t19?,20-,21-,23-,24-,25+,26+,27-,28-,29+,30-;/m1./s1. The van der Waals surface area contributed by atoms with Gasteiger partial charge in [0.05, 0.1) is 19.3 Å². The van der Waals surface area contributed by atoms with Crippen molar-refractivity contribution in [2.45, 2.75) is 158 Å². The number of aliphatic carboxylic acids is 1. The molecule has 252 valence electrons. The minimum absolute atomic E-state index is 0. The largest absolute Gasteiger partial charge is 1.00 e. The Kier molecular flexibility index (Phi) is 22.0. The van der Waals surface area contributed by atoms with Crippen LogP contribution < -0.4 is 34.7 Å². The first kappa shape index (κ1) is 41.8. The fraction of sp³-hybridized carbons (Fsp3) is 0.900. The number of hydrogen-bond donors (Lipinski definition) is 7. The molecule has 2 aliphatic rings. The van der Waals surface area contributed by atoms with Crippen molar-refractivity contribution in [2.24, 2.45) is 0 Å². The topological polar surface area (TPSA) is 219 Å². The van der Waals surface area contributed by atoms with Gasteiger partial charge >= 0.3 is 29.6 Å². The summed E-state index contributed by atoms with van der Waals surface area (Å²) in [5.74, 6) is -0.977. The quantitative estimate of drug-likeness (QED) is 0.0365. The average molecular weight is 645 g/mol. The summed E-state index contributed by atoms with van der Waals surface area (Å²) >= 11 is 0. The number of carboxylic acid groups (broad SMARTS) is 1. The number of carbonyl (C=O) groups excluding carboxylic acids is 1. The molecule has 0 aliphatic carbocycles. The zero-order valence-electron chi connectivity index (χ0n) is 26.2. The summed E-state index contributed by atoms with van der Waals surface area (Å²) in [6, 6.07) is 0. The van der Waals surface area contributed by atoms with E-state index in [1.165, 1.54) is 0 Å². The van der Waals surface area contributed by atoms with Crippen LogP contribution in [-0.4, -0.2) is 122 Å². The van der Waals surface area contributed by atoms with Crippen LogP contribution in [0.1, 0.15) is 90.4 Å². The number of hydrogen-bond acceptors (Lipinski definition) is 13. The Morgan fingerprint density at radius 3 is 1.80 bits per heavy atom. The Morgan fingerprint density at radius 1 is 0.727 bits per heavy atom. The monoisotopic (exact) mass is 644 g/mol. The summed E-state index contributed by atoms with van der Waals surface area (Å²) < 4.78 is 22.7. The summed E-state index contributed by atoms with van der Waals surface area (Å²) in [6.07, 6.45) is 1.12. The van der Waals surface area contributed by atoms with Crippen molar-refractivity contribution in [2.75, 3.05) is 13.2 Å². The van der Waals surface area contributed by atoms with Crippen LogP contribution in [0.2, 0.25) is 0 Å². The summed E-state index contributed by atoms with van der Waals surface area (Å²) in [5.41, 5.74) is 0. The van der Waals surface area contributed by atoms with Crippen LogP contribution in [0.3, 0.4) is 0 Å². The molecule has 2 saturated heterocycles. The Balaban J connectivity index is 0.00000968. The number of aliphatic hydroxyl groups excluding tert-OH is 7. The van der Waals surface area contributed by atoms with Crippen LogP contribution >= 0.6 is 0 Å². The van der Waals surface area contributed by atoms with Gasteiger partial charge in [0.25, 0.3) is 0 Å². The molecule has 2 aliphatic heterocycles. The summed E-state index contributed by atoms with van der Waals surface area (Å²) in [5, 5.41) is 81.0. The molecule has 0 aromatic rings. The van der Waals surface area contributed by atoms with Gasteiger partial charge in [-0.15, -0.1) is 0 Å². The molecule has 0 aromatic heterocycles. The molecular weight excluding hydrogens is 591 g/mol. The molecule has 0 saturated carbocycles. The van der Waals surface area contributed by atoms with Gasteiger partial charge in [-0.2, -0.15) is 0 Å². The maximum Gasteiger partial charge on any atom is 1.00 e. The van der Waals surface area contributed by atoms with Gasteiger partial charge in [-0.3, -0.25) is 0 Å². The maximum absolute atomic E-state index is 10.7. The predicted molar refractivity (Wildman–Crippen MR) is 151 cm³/mol. The van der Waals surface area contributed by atoms with Crippen LogP contribution in [0.4, 0.5) is 0 Å². The number of ether oxygens (including phenoxy) is 4. The summed E-state index contributed by atoms with van der Waals surface area (Å²) in [6.45, 7) is 0.584. The first-order valence-electron chi connectivity index (χ1n) is 15.7. The number of carboxylic acids is 1. The number of unbranched alkanes of at least 4 members (excludes halogenated alkanes) is 9. The van der Waals surface area contributed by atoms with E-state index >= 15 is 0 Å². The van der Waals surface area contributed by atoms with Crippen LogP contribution in [-0.2, 0) is 23.7 Å². The fourth-order valence-electron chi connectivity index (χ4n) is 5.29. The molecule has 0 aromatic carbocycles. The number of aliphatic hydroxyl groups is 7. The van der Waals surface area contributed by atoms with Gasteiger partial charge in [0.1, 0.15) is 48.8 Å². The zero-order chi connectivity index (χ0) is 31.8. The first-order chi connectivity index (χ1) is 20.6. The predicted octanol–water partition coefficient (Wildman–Crippen LogP) is -3.60. The van der Waals surface area contributed by atoms with Crippen molar-refractivity contribution in [1.29, 1.82) is 0 Å². The first-order valence-corrected chi connectivity index (χ1v) is 15.7. The Hall–Kier alpha value is -0.230. The van der Waals surface area contributed by atoms with Gasteiger partial charge in [-0.05, 0) is 51.9 Å². The molecule has 2 fully saturated rings. The van der Waals surface area contributed by atoms with Gasteiger partial charge in [0.15, 0.2) is 12.6 Å². The van der Waals surface area contributed by atoms with E-state index in [9.17, 15) is 45.6 Å². The molecule has 0 amide bonds. The second-order valence-corrected chi connectivity index (χ2v) is 11.6. The van der Waals surface area contributed by atoms with E-state index < -0.39 is 80.6 Å². The second kappa shape index (κ2) is 23.2. The van der Waals surface area contributed by atoms with E-state index in [1.807, 2.05) is 6.92 Å². The second-order valence-electron chi connectivity index (χ2n) is 11.6. The molecular formula is C30H53NaO13. The Bertz CT molecular complexity index is 788. The minimum atomic E-state index is -1.72. The molecule has 2 heterocycles. The number of rotatable bonds is 21. The van der Waals surface area contributed by atoms with E-state index in [2.05, 4.69) is 12.2 Å². The molecule has 1 unspecified atom stereocenters. The molecule has 11 atom stereocenters. The third-order valence-electron chi connectivity index (χ3n) is 7.98. The van der Waals surface area contributed by atoms with Crippen LogP contribution in [0, 0.1) is 0 Å². The van der Waals surface area contributed by atoms with E-state index in [0.29, 0.717) is 12.8 Å². The van der Waals surface area contributed by atoms with Crippen molar-refractivity contribution >= 4 is 5.97 Å². The third-order valence-corrected chi connectivity index (χ3v) is 7.98. The minimum Gasteiger partial charge on any atom is -0.550 e. The van der Waals surface area contributed by atoms with E-state index in [-0.39, 0.29) is 42.1 Å². The SMILES string of the molecule is CC(CCCCCC/C=C\CCCCCCCC(=O)[O-])O[C@@H]1O[C@H](CO)[C@@H](O)[C@H](O)[C@H]1O[C@@H]1O[C@H](CO)[C@@H](O)[C@H](O)[C@H]1O.[Na+]. The molecule has 7 N–H and O–H groups in total. The zero-order valence-corrected chi connectivity index (χ0v) is 28.2. The summed E-state index contributed by atoms with van der Waals surface area (Å²) in [7, 11) is 0. The van der Waals surface area contributed by atoms with Crippen LogP contribution in [0.15, 0.2) is 12.2 Å². The van der Waals surface area contributed by atoms with Crippen molar-refractivity contribution < 1.29 is 94.2 Å². The Labute approximate surface area is 282 Å². The van der Waals surface area contributed by atoms with E-state index in [4.69, 9.17) is 18.9 Å². The van der Waals surface area contributed by atoms with Crippen molar-refractivity contribution in [3.63, 3.8) is 0 Å². The normalized spacial score (nSPS) is 33.3. The van der Waals surface area contributed by atoms with Crippen molar-refractivity contribution in [3.8, 4) is 0 Å². The molecule has 0 radical (unpaired) electrons. The van der Waals surface area contributed by atoms with E-state index in [0.717, 1.165) is 64.2 Å². The smallest absolute Gasteiger partial charge is 0.550 e. The van der Waals surface area contributed by atoms with Gasteiger partial charge < -0.3 is 64.6 Å². The van der Waals surface area contributed by atoms with Crippen molar-refractivity contribution in [3.05, 3.63) is 12.2 Å². The van der Waals surface area contributed by atoms with Gasteiger partial charge in [0.2, 0.25) is 0 Å². The summed E-state index contributed by atoms with van der Waals surface area (Å²) in [4.78, 5) is 10.4. The van der Waals surface area contributed by atoms with Crippen LogP contribution in [0.25, 0.3) is 0 Å². The molecule has 2 rings (SSSR count). The molecule has 13 nitrogen and oxygen atoms in total.